The number of para-hydroxylation sites is 1. The number of anilines is 1. The maximum atomic E-state index is 13.0. The zero-order valence-corrected chi connectivity index (χ0v) is 15.7. The van der Waals surface area contributed by atoms with E-state index in [1.54, 1.807) is 0 Å². The molecule has 0 bridgehead atoms. The van der Waals surface area contributed by atoms with Gasteiger partial charge in [0.05, 0.1) is 17.0 Å². The summed E-state index contributed by atoms with van der Waals surface area (Å²) in [6.45, 7) is 0.614. The molecule has 1 aliphatic rings. The minimum atomic E-state index is -4.53. The first-order chi connectivity index (χ1) is 13.2. The van der Waals surface area contributed by atoms with Gasteiger partial charge in [-0.05, 0) is 49.2 Å². The van der Waals surface area contributed by atoms with Crippen LogP contribution in [-0.4, -0.2) is 38.1 Å². The van der Waals surface area contributed by atoms with E-state index >= 15 is 0 Å². The molecule has 0 unspecified atom stereocenters. The Labute approximate surface area is 161 Å². The van der Waals surface area contributed by atoms with Crippen molar-refractivity contribution >= 4 is 21.5 Å². The number of carbonyl (C=O) groups is 1. The second-order valence-electron chi connectivity index (χ2n) is 6.46. The largest absolute Gasteiger partial charge is 0.418 e. The lowest BCUT2D eigenvalue weighted by molar-refractivity contribution is -0.136. The number of carbonyl (C=O) groups excluding carboxylic acids is 1. The smallest absolute Gasteiger partial charge is 0.377 e. The van der Waals surface area contributed by atoms with Crippen LogP contribution >= 0.6 is 0 Å². The first-order valence-electron chi connectivity index (χ1n) is 8.73. The Hall–Kier alpha value is -2.39. The molecule has 0 spiro atoms. The molecule has 3 rings (SSSR count). The van der Waals surface area contributed by atoms with Gasteiger partial charge in [-0.15, -0.1) is 0 Å². The summed E-state index contributed by atoms with van der Waals surface area (Å²) in [5.74, 6) is -0.443. The van der Waals surface area contributed by atoms with Crippen molar-refractivity contribution in [1.82, 2.24) is 4.31 Å². The molecule has 1 fully saturated rings. The van der Waals surface area contributed by atoms with E-state index in [1.165, 1.54) is 46.8 Å². The second-order valence-corrected chi connectivity index (χ2v) is 8.39. The zero-order chi connectivity index (χ0) is 20.4. The van der Waals surface area contributed by atoms with Crippen molar-refractivity contribution in [3.8, 4) is 0 Å². The van der Waals surface area contributed by atoms with E-state index in [4.69, 9.17) is 0 Å². The fourth-order valence-electron chi connectivity index (χ4n) is 3.05. The van der Waals surface area contributed by atoms with Gasteiger partial charge in [0.15, 0.2) is 5.78 Å². The third-order valence-electron chi connectivity index (χ3n) is 4.55. The SMILES string of the molecule is O=C(CNc1ccccc1C(F)(F)F)c1ccc(S(=O)(=O)N2CCCC2)cc1. The van der Waals surface area contributed by atoms with Crippen LogP contribution in [0.15, 0.2) is 53.4 Å². The van der Waals surface area contributed by atoms with Crippen LogP contribution < -0.4 is 5.32 Å². The van der Waals surface area contributed by atoms with Crippen LogP contribution in [0.25, 0.3) is 0 Å². The number of Topliss-reactive ketones (excluding diaryl/α,β-unsaturated/α-hetero) is 1. The summed E-state index contributed by atoms with van der Waals surface area (Å²) in [5, 5.41) is 2.51. The van der Waals surface area contributed by atoms with E-state index in [9.17, 15) is 26.4 Å². The summed E-state index contributed by atoms with van der Waals surface area (Å²) in [7, 11) is -3.58. The normalized spacial score (nSPS) is 15.5. The molecule has 5 nitrogen and oxygen atoms in total. The van der Waals surface area contributed by atoms with Gasteiger partial charge in [-0.3, -0.25) is 4.79 Å². The highest BCUT2D eigenvalue weighted by Crippen LogP contribution is 2.34. The van der Waals surface area contributed by atoms with E-state index < -0.39 is 27.5 Å². The number of nitrogens with zero attached hydrogens (tertiary/aromatic N) is 1. The molecule has 0 saturated carbocycles. The predicted molar refractivity (Wildman–Crippen MR) is 98.7 cm³/mol. The third-order valence-corrected chi connectivity index (χ3v) is 6.46. The highest BCUT2D eigenvalue weighted by atomic mass is 32.2. The minimum absolute atomic E-state index is 0.0985. The van der Waals surface area contributed by atoms with Crippen LogP contribution in [0.5, 0.6) is 0 Å². The topological polar surface area (TPSA) is 66.5 Å². The summed E-state index contributed by atoms with van der Waals surface area (Å²) in [5.41, 5.74) is -0.816. The standard InChI is InChI=1S/C19H19F3N2O3S/c20-19(21,22)16-5-1-2-6-17(16)23-13-18(25)14-7-9-15(10-8-14)28(26,27)24-11-3-4-12-24/h1-2,5-10,23H,3-4,11-13H2. The van der Waals surface area contributed by atoms with Crippen molar-refractivity contribution in [3.63, 3.8) is 0 Å². The van der Waals surface area contributed by atoms with Crippen LogP contribution in [0.3, 0.4) is 0 Å². The lowest BCUT2D eigenvalue weighted by Gasteiger charge is -2.16. The van der Waals surface area contributed by atoms with Crippen LogP contribution in [0.2, 0.25) is 0 Å². The maximum absolute atomic E-state index is 13.0. The van der Waals surface area contributed by atoms with Crippen LogP contribution in [0, 0.1) is 0 Å². The molecule has 1 heterocycles. The molecule has 2 aromatic rings. The fourth-order valence-corrected chi connectivity index (χ4v) is 4.57. The number of sulfonamides is 1. The van der Waals surface area contributed by atoms with Gasteiger partial charge in [0.1, 0.15) is 0 Å². The molecule has 0 atom stereocenters. The van der Waals surface area contributed by atoms with Crippen molar-refractivity contribution in [2.75, 3.05) is 25.0 Å². The van der Waals surface area contributed by atoms with Gasteiger partial charge >= 0.3 is 6.18 Å². The lowest BCUT2D eigenvalue weighted by atomic mass is 10.1. The minimum Gasteiger partial charge on any atom is -0.377 e. The molecule has 9 heteroatoms. The monoisotopic (exact) mass is 412 g/mol. The molecule has 150 valence electrons. The Morgan fingerprint density at radius 2 is 1.61 bits per heavy atom. The number of rotatable bonds is 6. The van der Waals surface area contributed by atoms with E-state index in [-0.39, 0.29) is 22.7 Å². The molecular formula is C19H19F3N2O3S. The predicted octanol–water partition coefficient (Wildman–Crippen LogP) is 3.78. The first-order valence-corrected chi connectivity index (χ1v) is 10.2. The average molecular weight is 412 g/mol. The lowest BCUT2D eigenvalue weighted by Crippen LogP contribution is -2.27. The fraction of sp³-hybridized carbons (Fsp3) is 0.316. The number of alkyl halides is 3. The van der Waals surface area contributed by atoms with Gasteiger partial charge in [-0.25, -0.2) is 8.42 Å². The summed E-state index contributed by atoms with van der Waals surface area (Å²) >= 11 is 0. The Morgan fingerprint density at radius 1 is 1.00 bits per heavy atom. The summed E-state index contributed by atoms with van der Waals surface area (Å²) in [6.07, 6.45) is -2.89. The van der Waals surface area contributed by atoms with Crippen LogP contribution in [0.4, 0.5) is 18.9 Å². The molecule has 1 saturated heterocycles. The Balaban J connectivity index is 1.69. The van der Waals surface area contributed by atoms with E-state index in [2.05, 4.69) is 5.32 Å². The van der Waals surface area contributed by atoms with Gasteiger partial charge in [-0.1, -0.05) is 12.1 Å². The van der Waals surface area contributed by atoms with Gasteiger partial charge in [-0.2, -0.15) is 17.5 Å². The molecule has 28 heavy (non-hydrogen) atoms. The second kappa shape index (κ2) is 7.92. The highest BCUT2D eigenvalue weighted by Gasteiger charge is 2.33. The summed E-state index contributed by atoms with van der Waals surface area (Å²) in [6, 6.07) is 10.4. The zero-order valence-electron chi connectivity index (χ0n) is 14.9. The molecule has 0 aliphatic carbocycles. The summed E-state index contributed by atoms with van der Waals surface area (Å²) < 4.78 is 65.3. The number of ketones is 1. The number of hydrogen-bond donors (Lipinski definition) is 1. The van der Waals surface area contributed by atoms with Gasteiger partial charge < -0.3 is 5.32 Å². The van der Waals surface area contributed by atoms with E-state index in [0.717, 1.165) is 18.9 Å². The molecule has 1 N–H and O–H groups in total. The maximum Gasteiger partial charge on any atom is 0.418 e. The quantitative estimate of drug-likeness (QED) is 0.734. The third kappa shape index (κ3) is 4.36. The first kappa shape index (κ1) is 20.3. The van der Waals surface area contributed by atoms with E-state index in [0.29, 0.717) is 13.1 Å². The molecule has 0 amide bonds. The van der Waals surface area contributed by atoms with E-state index in [1.807, 2.05) is 0 Å². The molecule has 0 radical (unpaired) electrons. The summed E-state index contributed by atoms with van der Waals surface area (Å²) in [4.78, 5) is 12.4. The number of halogens is 3. The van der Waals surface area contributed by atoms with Gasteiger partial charge in [0.25, 0.3) is 0 Å². The number of nitrogens with one attached hydrogen (secondary N) is 1. The molecule has 1 aliphatic heterocycles. The Kier molecular flexibility index (Phi) is 5.76. The Bertz CT molecular complexity index is 951. The Morgan fingerprint density at radius 3 is 2.21 bits per heavy atom. The molecule has 0 aromatic heterocycles. The van der Waals surface area contributed by atoms with Crippen LogP contribution in [-0.2, 0) is 16.2 Å². The number of hydrogen-bond acceptors (Lipinski definition) is 4. The molecule has 2 aromatic carbocycles. The van der Waals surface area contributed by atoms with Crippen molar-refractivity contribution in [3.05, 3.63) is 59.7 Å². The molecular weight excluding hydrogens is 393 g/mol. The average Bonchev–Trinajstić information content (AvgIpc) is 3.21. The van der Waals surface area contributed by atoms with Crippen molar-refractivity contribution in [2.24, 2.45) is 0 Å². The van der Waals surface area contributed by atoms with Crippen molar-refractivity contribution in [2.45, 2.75) is 23.9 Å². The van der Waals surface area contributed by atoms with Crippen molar-refractivity contribution < 1.29 is 26.4 Å². The van der Waals surface area contributed by atoms with Crippen molar-refractivity contribution in [1.29, 1.82) is 0 Å². The van der Waals surface area contributed by atoms with Gasteiger partial charge in [0, 0.05) is 24.3 Å². The highest BCUT2D eigenvalue weighted by molar-refractivity contribution is 7.89. The number of benzene rings is 2. The van der Waals surface area contributed by atoms with Crippen LogP contribution in [0.1, 0.15) is 28.8 Å². The van der Waals surface area contributed by atoms with Gasteiger partial charge in [0.2, 0.25) is 10.0 Å².